The number of hydrogen-bond donors (Lipinski definition) is 1. The average molecular weight is 406 g/mol. The summed E-state index contributed by atoms with van der Waals surface area (Å²) < 4.78 is 7.10. The second-order valence-electron chi connectivity index (χ2n) is 3.95. The van der Waals surface area contributed by atoms with Crippen LogP contribution < -0.4 is 10.1 Å². The number of rotatable bonds is 4. The van der Waals surface area contributed by atoms with E-state index in [1.165, 1.54) is 0 Å². The molecule has 0 unspecified atom stereocenters. The van der Waals surface area contributed by atoms with Crippen LogP contribution in [0.3, 0.4) is 0 Å². The lowest BCUT2D eigenvalue weighted by atomic mass is 10.2. The Balaban J connectivity index is 2.07. The summed E-state index contributed by atoms with van der Waals surface area (Å²) >= 11 is 12.8. The van der Waals surface area contributed by atoms with Crippen molar-refractivity contribution >= 4 is 49.1 Å². The predicted octanol–water partition coefficient (Wildman–Crippen LogP) is 5.49. The summed E-state index contributed by atoms with van der Waals surface area (Å²) in [6.07, 6.45) is 0. The van der Waals surface area contributed by atoms with E-state index in [0.29, 0.717) is 5.02 Å². The quantitative estimate of drug-likeness (QED) is 0.727. The Kier molecular flexibility index (Phi) is 5.13. The van der Waals surface area contributed by atoms with E-state index < -0.39 is 0 Å². The van der Waals surface area contributed by atoms with Crippen LogP contribution >= 0.6 is 43.5 Å². The van der Waals surface area contributed by atoms with Crippen LogP contribution in [0.25, 0.3) is 0 Å². The zero-order valence-electron chi connectivity index (χ0n) is 10.2. The second kappa shape index (κ2) is 6.64. The van der Waals surface area contributed by atoms with Crippen molar-refractivity contribution in [3.63, 3.8) is 0 Å². The van der Waals surface area contributed by atoms with Crippen LogP contribution in [0.2, 0.25) is 5.02 Å². The Labute approximate surface area is 134 Å². The van der Waals surface area contributed by atoms with E-state index in [2.05, 4.69) is 37.2 Å². The molecule has 2 aromatic rings. The molecule has 2 rings (SSSR count). The fourth-order valence-electron chi connectivity index (χ4n) is 1.62. The fourth-order valence-corrected chi connectivity index (χ4v) is 2.58. The molecule has 0 aliphatic heterocycles. The molecule has 0 fully saturated rings. The van der Waals surface area contributed by atoms with Gasteiger partial charge in [-0.05, 0) is 61.7 Å². The number of methoxy groups -OCH3 is 1. The molecular formula is C14H12Br2ClNO. The van der Waals surface area contributed by atoms with Crippen molar-refractivity contribution in [2.45, 2.75) is 6.54 Å². The summed E-state index contributed by atoms with van der Waals surface area (Å²) in [5.41, 5.74) is 2.16. The third-order valence-electron chi connectivity index (χ3n) is 2.63. The Morgan fingerprint density at radius 3 is 2.58 bits per heavy atom. The number of nitrogens with one attached hydrogen (secondary N) is 1. The first kappa shape index (κ1) is 14.7. The van der Waals surface area contributed by atoms with Gasteiger partial charge >= 0.3 is 0 Å². The lowest BCUT2D eigenvalue weighted by Gasteiger charge is -2.10. The molecule has 0 spiro atoms. The van der Waals surface area contributed by atoms with E-state index >= 15 is 0 Å². The van der Waals surface area contributed by atoms with Gasteiger partial charge in [0.25, 0.3) is 0 Å². The number of halogens is 3. The molecule has 2 aromatic carbocycles. The van der Waals surface area contributed by atoms with Gasteiger partial charge in [-0.15, -0.1) is 0 Å². The molecule has 0 bridgehead atoms. The van der Waals surface area contributed by atoms with Crippen molar-refractivity contribution in [1.82, 2.24) is 0 Å². The molecule has 19 heavy (non-hydrogen) atoms. The highest BCUT2D eigenvalue weighted by molar-refractivity contribution is 9.10. The van der Waals surface area contributed by atoms with Crippen LogP contribution in [-0.2, 0) is 6.54 Å². The van der Waals surface area contributed by atoms with E-state index in [-0.39, 0.29) is 0 Å². The highest BCUT2D eigenvalue weighted by atomic mass is 79.9. The molecule has 2 nitrogen and oxygen atoms in total. The first-order valence-corrected chi connectivity index (χ1v) is 7.58. The van der Waals surface area contributed by atoms with E-state index in [1.807, 2.05) is 36.4 Å². The Morgan fingerprint density at radius 1 is 1.11 bits per heavy atom. The molecule has 5 heteroatoms. The minimum absolute atomic E-state index is 0.717. The summed E-state index contributed by atoms with van der Waals surface area (Å²) in [5, 5.41) is 4.06. The average Bonchev–Trinajstić information content (AvgIpc) is 2.41. The smallest absolute Gasteiger partial charge is 0.135 e. The van der Waals surface area contributed by atoms with Crippen LogP contribution in [0.1, 0.15) is 5.56 Å². The van der Waals surface area contributed by atoms with Gasteiger partial charge in [0.05, 0.1) is 16.6 Å². The van der Waals surface area contributed by atoms with Crippen LogP contribution in [0, 0.1) is 0 Å². The van der Waals surface area contributed by atoms with Crippen LogP contribution in [-0.4, -0.2) is 7.11 Å². The van der Waals surface area contributed by atoms with Crippen molar-refractivity contribution < 1.29 is 4.74 Å². The summed E-state index contributed by atoms with van der Waals surface area (Å²) in [7, 11) is 1.65. The molecule has 0 saturated heterocycles. The lowest BCUT2D eigenvalue weighted by Crippen LogP contribution is -1.99. The maximum Gasteiger partial charge on any atom is 0.135 e. The Morgan fingerprint density at radius 2 is 1.89 bits per heavy atom. The monoisotopic (exact) mass is 403 g/mol. The van der Waals surface area contributed by atoms with Gasteiger partial charge in [-0.1, -0.05) is 17.7 Å². The molecule has 0 amide bonds. The van der Waals surface area contributed by atoms with Crippen molar-refractivity contribution in [1.29, 1.82) is 0 Å². The molecular weight excluding hydrogens is 393 g/mol. The van der Waals surface area contributed by atoms with Gasteiger partial charge in [0.1, 0.15) is 5.75 Å². The summed E-state index contributed by atoms with van der Waals surface area (Å²) in [6.45, 7) is 0.723. The zero-order chi connectivity index (χ0) is 13.8. The normalized spacial score (nSPS) is 10.3. The number of hydrogen-bond acceptors (Lipinski definition) is 2. The zero-order valence-corrected chi connectivity index (χ0v) is 14.1. The Hall–Kier alpha value is -0.710. The van der Waals surface area contributed by atoms with Gasteiger partial charge in [-0.25, -0.2) is 0 Å². The van der Waals surface area contributed by atoms with Gasteiger partial charge in [0.15, 0.2) is 0 Å². The minimum atomic E-state index is 0.717. The lowest BCUT2D eigenvalue weighted by molar-refractivity contribution is 0.412. The van der Waals surface area contributed by atoms with Crippen molar-refractivity contribution in [3.8, 4) is 5.75 Å². The van der Waals surface area contributed by atoms with E-state index in [0.717, 1.165) is 32.5 Å². The number of anilines is 1. The maximum absolute atomic E-state index is 5.97. The Bertz CT molecular complexity index is 590. The molecule has 0 saturated carbocycles. The van der Waals surface area contributed by atoms with Crippen molar-refractivity contribution in [2.24, 2.45) is 0 Å². The highest BCUT2D eigenvalue weighted by Gasteiger charge is 2.02. The van der Waals surface area contributed by atoms with E-state index in [4.69, 9.17) is 16.3 Å². The van der Waals surface area contributed by atoms with Gasteiger partial charge in [-0.2, -0.15) is 0 Å². The predicted molar refractivity (Wildman–Crippen MR) is 87.2 cm³/mol. The van der Waals surface area contributed by atoms with Crippen LogP contribution in [0.15, 0.2) is 45.3 Å². The third kappa shape index (κ3) is 3.88. The van der Waals surface area contributed by atoms with Crippen molar-refractivity contribution in [3.05, 3.63) is 55.9 Å². The molecule has 0 atom stereocenters. The van der Waals surface area contributed by atoms with Crippen molar-refractivity contribution in [2.75, 3.05) is 12.4 Å². The van der Waals surface area contributed by atoms with Crippen LogP contribution in [0.5, 0.6) is 5.75 Å². The molecule has 0 aliphatic carbocycles. The molecule has 0 aliphatic rings. The molecule has 1 N–H and O–H groups in total. The standard InChI is InChI=1S/C14H12Br2ClNO/c1-19-14-7-10(3-4-11(14)15)18-8-9-2-5-13(17)12(16)6-9/h2-7,18H,8H2,1H3. The SMILES string of the molecule is COc1cc(NCc2ccc(Cl)c(Br)c2)ccc1Br. The first-order chi connectivity index (χ1) is 9.10. The van der Waals surface area contributed by atoms with Gasteiger partial charge in [-0.3, -0.25) is 0 Å². The summed E-state index contributed by atoms with van der Waals surface area (Å²) in [5.74, 6) is 0.808. The summed E-state index contributed by atoms with van der Waals surface area (Å²) in [4.78, 5) is 0. The fraction of sp³-hybridized carbons (Fsp3) is 0.143. The van der Waals surface area contributed by atoms with Crippen LogP contribution in [0.4, 0.5) is 5.69 Å². The third-order valence-corrected chi connectivity index (χ3v) is 4.50. The molecule has 100 valence electrons. The minimum Gasteiger partial charge on any atom is -0.495 e. The van der Waals surface area contributed by atoms with E-state index in [9.17, 15) is 0 Å². The van der Waals surface area contributed by atoms with E-state index in [1.54, 1.807) is 7.11 Å². The van der Waals surface area contributed by atoms with Gasteiger partial charge in [0, 0.05) is 22.8 Å². The van der Waals surface area contributed by atoms with Gasteiger partial charge < -0.3 is 10.1 Å². The molecule has 0 aromatic heterocycles. The molecule has 0 radical (unpaired) electrons. The largest absolute Gasteiger partial charge is 0.495 e. The maximum atomic E-state index is 5.97. The number of benzene rings is 2. The topological polar surface area (TPSA) is 21.3 Å². The second-order valence-corrected chi connectivity index (χ2v) is 6.07. The van der Waals surface area contributed by atoms with Gasteiger partial charge in [0.2, 0.25) is 0 Å². The number of ether oxygens (including phenoxy) is 1. The first-order valence-electron chi connectivity index (χ1n) is 5.61. The molecule has 0 heterocycles. The highest BCUT2D eigenvalue weighted by Crippen LogP contribution is 2.28. The summed E-state index contributed by atoms with van der Waals surface area (Å²) in [6, 6.07) is 11.8.